The van der Waals surface area contributed by atoms with E-state index in [9.17, 15) is 0 Å². The molecule has 2 heteroatoms. The first kappa shape index (κ1) is 33.2. The van der Waals surface area contributed by atoms with Crippen molar-refractivity contribution in [2.75, 3.05) is 0 Å². The summed E-state index contributed by atoms with van der Waals surface area (Å²) in [7, 11) is 0. The number of allylic oxidation sites excluding steroid dienone is 9. The fourth-order valence-corrected chi connectivity index (χ4v) is 8.28. The third kappa shape index (κ3) is 7.56. The predicted octanol–water partition coefficient (Wildman–Crippen LogP) is 11.2. The number of nitrogens with zero attached hydrogens (tertiary/aromatic N) is 1. The van der Waals surface area contributed by atoms with Crippen LogP contribution >= 0.6 is 0 Å². The van der Waals surface area contributed by atoms with Crippen molar-refractivity contribution in [3.8, 4) is 0 Å². The van der Waals surface area contributed by atoms with Crippen molar-refractivity contribution in [2.45, 2.75) is 139 Å². The molecule has 6 atom stereocenters. The highest BCUT2D eigenvalue weighted by Crippen LogP contribution is 2.60. The minimum atomic E-state index is 0.180. The van der Waals surface area contributed by atoms with Crippen molar-refractivity contribution in [1.82, 2.24) is 4.81 Å². The van der Waals surface area contributed by atoms with Crippen LogP contribution in [0.3, 0.4) is 0 Å². The molecule has 3 aliphatic carbocycles. The van der Waals surface area contributed by atoms with E-state index >= 15 is 0 Å². The lowest BCUT2D eigenvalue weighted by atomic mass is 9.36. The van der Waals surface area contributed by atoms with Gasteiger partial charge in [-0.1, -0.05) is 145 Å². The summed E-state index contributed by atoms with van der Waals surface area (Å²) in [5, 5.41) is 0. The van der Waals surface area contributed by atoms with E-state index in [1.165, 1.54) is 36.8 Å². The molecule has 0 saturated heterocycles. The predicted molar refractivity (Wildman–Crippen MR) is 181 cm³/mol. The van der Waals surface area contributed by atoms with Gasteiger partial charge in [-0.05, 0) is 88.1 Å². The van der Waals surface area contributed by atoms with Crippen LogP contribution in [0.1, 0.15) is 115 Å². The Kier molecular flexibility index (Phi) is 11.1. The van der Waals surface area contributed by atoms with E-state index < -0.39 is 0 Å². The average Bonchev–Trinajstić information content (AvgIpc) is 3.17. The molecule has 0 amide bonds. The summed E-state index contributed by atoms with van der Waals surface area (Å²) < 4.78 is 0. The van der Waals surface area contributed by atoms with E-state index in [0.29, 0.717) is 54.2 Å². The Morgan fingerprint density at radius 2 is 1.23 bits per heavy atom. The van der Waals surface area contributed by atoms with Crippen molar-refractivity contribution in [3.63, 3.8) is 0 Å². The van der Waals surface area contributed by atoms with Crippen LogP contribution in [-0.4, -0.2) is 23.7 Å². The molecule has 40 heavy (non-hydrogen) atoms. The zero-order valence-corrected chi connectivity index (χ0v) is 28.5. The maximum Gasteiger partial charge on any atom is 0.231 e. The van der Waals surface area contributed by atoms with E-state index in [2.05, 4.69) is 137 Å². The van der Waals surface area contributed by atoms with Crippen LogP contribution in [-0.2, 0) is 0 Å². The lowest BCUT2D eigenvalue weighted by Crippen LogP contribution is -2.54. The summed E-state index contributed by atoms with van der Waals surface area (Å²) >= 11 is 0. The normalized spacial score (nSPS) is 27.9. The first-order chi connectivity index (χ1) is 18.6. The molecule has 0 aromatic heterocycles. The van der Waals surface area contributed by atoms with Gasteiger partial charge in [-0.2, -0.15) is 0 Å². The quantitative estimate of drug-likeness (QED) is 0.134. The zero-order valence-electron chi connectivity index (χ0n) is 28.5. The summed E-state index contributed by atoms with van der Waals surface area (Å²) in [5.41, 5.74) is 3.42. The lowest BCUT2D eigenvalue weighted by molar-refractivity contribution is 0.282. The van der Waals surface area contributed by atoms with E-state index in [4.69, 9.17) is 0 Å². The molecule has 0 aromatic carbocycles. The van der Waals surface area contributed by atoms with E-state index in [1.807, 2.05) is 0 Å². The van der Waals surface area contributed by atoms with Gasteiger partial charge in [-0.15, -0.1) is 6.58 Å². The Morgan fingerprint density at radius 1 is 0.750 bits per heavy atom. The highest BCUT2D eigenvalue weighted by Gasteiger charge is 2.55. The SMILES string of the molecule is C=CCCCC(C)CCC(C)B(C1C2C=C(C(C)(C)C)C=CC2C2C=CC(C(C)(C)C)=CC21)N(C(C)C)C(C)C. The van der Waals surface area contributed by atoms with Crippen LogP contribution in [0.15, 0.2) is 60.3 Å². The smallest absolute Gasteiger partial charge is 0.231 e. The van der Waals surface area contributed by atoms with Gasteiger partial charge < -0.3 is 4.81 Å². The van der Waals surface area contributed by atoms with Gasteiger partial charge in [-0.3, -0.25) is 0 Å². The fraction of sp³-hybridized carbons (Fsp3) is 0.737. The molecule has 3 aliphatic rings. The minimum Gasteiger partial charge on any atom is -0.337 e. The fourth-order valence-electron chi connectivity index (χ4n) is 8.28. The molecule has 1 fully saturated rings. The van der Waals surface area contributed by atoms with Gasteiger partial charge in [0.25, 0.3) is 0 Å². The third-order valence-electron chi connectivity index (χ3n) is 10.4. The lowest BCUT2D eigenvalue weighted by Gasteiger charge is -2.46. The molecular formula is C38H64BN. The Bertz CT molecular complexity index is 904. The van der Waals surface area contributed by atoms with E-state index in [1.54, 1.807) is 0 Å². The number of fused-ring (bicyclic) bond motifs is 3. The average molecular weight is 546 g/mol. The summed E-state index contributed by atoms with van der Waals surface area (Å²) in [6, 6.07) is 1.07. The molecule has 0 radical (unpaired) electrons. The number of hydrogen-bond acceptors (Lipinski definition) is 1. The Labute approximate surface area is 250 Å². The molecule has 6 unspecified atom stereocenters. The van der Waals surface area contributed by atoms with Gasteiger partial charge in [-0.25, -0.2) is 0 Å². The van der Waals surface area contributed by atoms with E-state index in [0.717, 1.165) is 12.3 Å². The molecule has 0 spiro atoms. The first-order valence-electron chi connectivity index (χ1n) is 16.8. The molecule has 0 N–H and O–H groups in total. The molecule has 1 nitrogen and oxygen atoms in total. The Morgan fingerprint density at radius 3 is 1.62 bits per heavy atom. The third-order valence-corrected chi connectivity index (χ3v) is 10.4. The standard InChI is InChI=1S/C38H64BN/c1-14-15-16-17-28(6)18-19-29(7)39(40(26(2)3)27(4)5)36-34-24-30(37(8,9)10)20-22-32(34)33-23-21-31(25-35(33)36)38(11,12)13/h14,20-29,32-36H,1,15-19H2,2-13H3. The molecule has 0 aliphatic heterocycles. The van der Waals surface area contributed by atoms with Gasteiger partial charge in [0.1, 0.15) is 0 Å². The molecule has 1 saturated carbocycles. The summed E-state index contributed by atoms with van der Waals surface area (Å²) in [5.74, 6) is 4.45. The zero-order chi connectivity index (χ0) is 30.0. The number of unbranched alkanes of at least 4 members (excludes halogenated alkanes) is 1. The van der Waals surface area contributed by atoms with Crippen LogP contribution in [0.25, 0.3) is 0 Å². The number of hydrogen-bond donors (Lipinski definition) is 0. The second kappa shape index (κ2) is 13.4. The van der Waals surface area contributed by atoms with Crippen LogP contribution in [0.4, 0.5) is 0 Å². The molecule has 0 bridgehead atoms. The van der Waals surface area contributed by atoms with Gasteiger partial charge in [0, 0.05) is 0 Å². The largest absolute Gasteiger partial charge is 0.337 e. The highest BCUT2D eigenvalue weighted by atomic mass is 15.1. The second-order valence-corrected chi connectivity index (χ2v) is 16.4. The molecule has 0 aromatic rings. The van der Waals surface area contributed by atoms with Crippen molar-refractivity contribution in [1.29, 1.82) is 0 Å². The minimum absolute atomic E-state index is 0.180. The number of rotatable bonds is 12. The maximum absolute atomic E-state index is 3.93. The topological polar surface area (TPSA) is 3.24 Å². The van der Waals surface area contributed by atoms with Crippen LogP contribution in [0, 0.1) is 40.4 Å². The van der Waals surface area contributed by atoms with Crippen molar-refractivity contribution in [3.05, 3.63) is 60.3 Å². The van der Waals surface area contributed by atoms with Gasteiger partial charge >= 0.3 is 0 Å². The van der Waals surface area contributed by atoms with Crippen molar-refractivity contribution < 1.29 is 0 Å². The van der Waals surface area contributed by atoms with Crippen LogP contribution in [0.2, 0.25) is 11.6 Å². The van der Waals surface area contributed by atoms with Gasteiger partial charge in [0.2, 0.25) is 6.85 Å². The molecule has 224 valence electrons. The maximum atomic E-state index is 3.93. The second-order valence-electron chi connectivity index (χ2n) is 16.4. The Balaban J connectivity index is 2.08. The van der Waals surface area contributed by atoms with E-state index in [-0.39, 0.29) is 10.8 Å². The molecular weight excluding hydrogens is 481 g/mol. The monoisotopic (exact) mass is 546 g/mol. The highest BCUT2D eigenvalue weighted by molar-refractivity contribution is 6.59. The summed E-state index contributed by atoms with van der Waals surface area (Å²) in [6.07, 6.45) is 24.1. The van der Waals surface area contributed by atoms with Gasteiger partial charge in [0.15, 0.2) is 0 Å². The van der Waals surface area contributed by atoms with Crippen molar-refractivity contribution in [2.24, 2.45) is 40.4 Å². The van der Waals surface area contributed by atoms with Crippen molar-refractivity contribution >= 4 is 6.85 Å². The summed E-state index contributed by atoms with van der Waals surface area (Å²) in [4.78, 5) is 2.92. The summed E-state index contributed by atoms with van der Waals surface area (Å²) in [6.45, 7) is 33.7. The molecule has 3 rings (SSSR count). The van der Waals surface area contributed by atoms with Gasteiger partial charge in [0.05, 0.1) is 0 Å². The Hall–Kier alpha value is -1.28. The van der Waals surface area contributed by atoms with Crippen LogP contribution < -0.4 is 0 Å². The first-order valence-corrected chi connectivity index (χ1v) is 16.8. The van der Waals surface area contributed by atoms with Crippen LogP contribution in [0.5, 0.6) is 0 Å². The molecule has 0 heterocycles.